The quantitative estimate of drug-likeness (QED) is 0.674. The molecule has 1 N–H and O–H groups in total. The van der Waals surface area contributed by atoms with Gasteiger partial charge in [-0.2, -0.15) is 0 Å². The van der Waals surface area contributed by atoms with Crippen molar-refractivity contribution in [2.75, 3.05) is 20.2 Å². The Hall–Kier alpha value is -3.23. The summed E-state index contributed by atoms with van der Waals surface area (Å²) in [7, 11) is 1.64. The Kier molecular flexibility index (Phi) is 4.75. The lowest BCUT2D eigenvalue weighted by Crippen LogP contribution is -2.45. The minimum Gasteiger partial charge on any atom is -0.497 e. The first-order chi connectivity index (χ1) is 15.1. The number of ether oxygens (including phenoxy) is 1. The molecule has 3 heterocycles. The molecular weight excluding hydrogens is 396 g/mol. The molecule has 0 spiro atoms. The van der Waals surface area contributed by atoms with Gasteiger partial charge in [-0.05, 0) is 43.4 Å². The number of benzene rings is 1. The number of rotatable bonds is 5. The van der Waals surface area contributed by atoms with Crippen molar-refractivity contribution in [1.29, 1.82) is 0 Å². The van der Waals surface area contributed by atoms with Gasteiger partial charge in [0.25, 0.3) is 5.56 Å². The van der Waals surface area contributed by atoms with Crippen molar-refractivity contribution in [2.45, 2.75) is 50.5 Å². The number of nitrogens with zero attached hydrogens (tertiary/aromatic N) is 5. The summed E-state index contributed by atoms with van der Waals surface area (Å²) >= 11 is 0. The third-order valence-electron chi connectivity index (χ3n) is 6.55. The van der Waals surface area contributed by atoms with Crippen molar-refractivity contribution in [3.05, 3.63) is 46.0 Å². The molecule has 1 saturated carbocycles. The van der Waals surface area contributed by atoms with Crippen LogP contribution in [0.15, 0.2) is 29.1 Å². The first-order valence-corrected chi connectivity index (χ1v) is 10.8. The topological polar surface area (TPSA) is 106 Å². The molecule has 9 nitrogen and oxygen atoms in total. The van der Waals surface area contributed by atoms with Gasteiger partial charge in [0, 0.05) is 19.5 Å². The zero-order valence-corrected chi connectivity index (χ0v) is 17.8. The molecule has 2 aromatic heterocycles. The fourth-order valence-corrected chi connectivity index (χ4v) is 4.60. The van der Waals surface area contributed by atoms with Gasteiger partial charge in [0.15, 0.2) is 11.2 Å². The highest BCUT2D eigenvalue weighted by atomic mass is 16.5. The summed E-state index contributed by atoms with van der Waals surface area (Å²) in [5.74, 6) is 1.57. The molecule has 1 amide bonds. The van der Waals surface area contributed by atoms with Crippen LogP contribution in [0.2, 0.25) is 0 Å². The van der Waals surface area contributed by atoms with Crippen LogP contribution in [0.5, 0.6) is 5.75 Å². The van der Waals surface area contributed by atoms with E-state index in [2.05, 4.69) is 20.3 Å². The molecule has 2 aliphatic rings. The molecule has 1 aliphatic heterocycles. The first kappa shape index (κ1) is 19.7. The smallest absolute Gasteiger partial charge is 0.281 e. The molecule has 1 atom stereocenters. The Balaban J connectivity index is 1.41. The number of aromatic amines is 1. The summed E-state index contributed by atoms with van der Waals surface area (Å²) in [5, 5.41) is 8.29. The van der Waals surface area contributed by atoms with Gasteiger partial charge in [-0.25, -0.2) is 9.67 Å². The molecule has 1 saturated heterocycles. The number of likely N-dealkylation sites (tertiary alicyclic amines) is 1. The molecule has 1 aromatic carbocycles. The Labute approximate surface area is 179 Å². The van der Waals surface area contributed by atoms with Crippen LogP contribution in [0.3, 0.4) is 0 Å². The van der Waals surface area contributed by atoms with Crippen molar-refractivity contribution < 1.29 is 9.53 Å². The summed E-state index contributed by atoms with van der Waals surface area (Å²) in [6.45, 7) is 3.22. The molecule has 0 radical (unpaired) electrons. The van der Waals surface area contributed by atoms with E-state index < -0.39 is 5.41 Å². The second kappa shape index (κ2) is 7.47. The summed E-state index contributed by atoms with van der Waals surface area (Å²) in [6.07, 6.45) is 4.09. The molecule has 3 aromatic rings. The number of carbonyl (C=O) groups is 1. The average molecular weight is 422 g/mol. The number of hydrogen-bond acceptors (Lipinski definition) is 6. The number of aromatic nitrogens is 5. The zero-order chi connectivity index (χ0) is 21.6. The van der Waals surface area contributed by atoms with E-state index in [1.54, 1.807) is 11.8 Å². The van der Waals surface area contributed by atoms with Gasteiger partial charge in [-0.3, -0.25) is 9.59 Å². The van der Waals surface area contributed by atoms with E-state index in [4.69, 9.17) is 4.74 Å². The molecule has 5 rings (SSSR count). The van der Waals surface area contributed by atoms with E-state index >= 15 is 0 Å². The van der Waals surface area contributed by atoms with Crippen LogP contribution in [0.1, 0.15) is 50.0 Å². The minimum atomic E-state index is -0.427. The van der Waals surface area contributed by atoms with Gasteiger partial charge in [-0.15, -0.1) is 5.10 Å². The van der Waals surface area contributed by atoms with E-state index in [0.717, 1.165) is 43.5 Å². The predicted octanol–water partition coefficient (Wildman–Crippen LogP) is 1.98. The van der Waals surface area contributed by atoms with Gasteiger partial charge in [0.1, 0.15) is 11.6 Å². The lowest BCUT2D eigenvalue weighted by Gasteiger charge is -2.35. The number of methoxy groups -OCH3 is 1. The minimum absolute atomic E-state index is 0.0478. The third kappa shape index (κ3) is 3.28. The maximum absolute atomic E-state index is 13.5. The highest BCUT2D eigenvalue weighted by molar-refractivity contribution is 5.91. The van der Waals surface area contributed by atoms with Crippen LogP contribution >= 0.6 is 0 Å². The van der Waals surface area contributed by atoms with Crippen LogP contribution in [0.25, 0.3) is 11.2 Å². The summed E-state index contributed by atoms with van der Waals surface area (Å²) < 4.78 is 6.99. The van der Waals surface area contributed by atoms with E-state index in [9.17, 15) is 9.59 Å². The Morgan fingerprint density at radius 3 is 2.74 bits per heavy atom. The van der Waals surface area contributed by atoms with Crippen molar-refractivity contribution in [3.8, 4) is 5.75 Å². The van der Waals surface area contributed by atoms with Crippen molar-refractivity contribution in [1.82, 2.24) is 29.9 Å². The lowest BCUT2D eigenvalue weighted by molar-refractivity contribution is -0.135. The molecular formula is C22H26N6O3. The molecule has 2 fully saturated rings. The summed E-state index contributed by atoms with van der Waals surface area (Å²) in [4.78, 5) is 35.1. The van der Waals surface area contributed by atoms with Gasteiger partial charge in [-0.1, -0.05) is 24.3 Å². The van der Waals surface area contributed by atoms with E-state index in [-0.39, 0.29) is 23.0 Å². The summed E-state index contributed by atoms with van der Waals surface area (Å²) in [5.41, 5.74) is 1.10. The number of nitrogens with one attached hydrogen (secondary N) is 1. The Morgan fingerprint density at radius 2 is 2.06 bits per heavy atom. The average Bonchev–Trinajstić information content (AvgIpc) is 3.51. The highest BCUT2D eigenvalue weighted by Gasteiger charge is 2.53. The fourth-order valence-electron chi connectivity index (χ4n) is 4.60. The van der Waals surface area contributed by atoms with Crippen LogP contribution < -0.4 is 10.3 Å². The van der Waals surface area contributed by atoms with Crippen LogP contribution in [-0.4, -0.2) is 56.0 Å². The largest absolute Gasteiger partial charge is 0.497 e. The standard InChI is InChI=1S/C22H26N6O3/c1-3-17-23-19-18(20(29)24-17)25-26-28(19)15-5-4-12-27(13-15)21(30)22(10-11-22)14-6-8-16(31-2)9-7-14/h6-9,15H,3-5,10-13H2,1-2H3,(H,23,24,29). The number of amides is 1. The number of piperidine rings is 1. The number of carbonyl (C=O) groups excluding carboxylic acids is 1. The lowest BCUT2D eigenvalue weighted by atomic mass is 9.92. The normalized spacial score (nSPS) is 20.1. The van der Waals surface area contributed by atoms with Gasteiger partial charge in [0.2, 0.25) is 5.91 Å². The molecule has 0 bridgehead atoms. The number of aryl methyl sites for hydroxylation is 1. The second-order valence-corrected chi connectivity index (χ2v) is 8.43. The van der Waals surface area contributed by atoms with E-state index in [1.165, 1.54) is 0 Å². The highest BCUT2D eigenvalue weighted by Crippen LogP contribution is 2.50. The third-order valence-corrected chi connectivity index (χ3v) is 6.55. The monoisotopic (exact) mass is 422 g/mol. The maximum atomic E-state index is 13.5. The van der Waals surface area contributed by atoms with Crippen LogP contribution in [-0.2, 0) is 16.6 Å². The van der Waals surface area contributed by atoms with Gasteiger partial charge in [0.05, 0.1) is 18.6 Å². The van der Waals surface area contributed by atoms with E-state index in [1.807, 2.05) is 36.1 Å². The van der Waals surface area contributed by atoms with Crippen molar-refractivity contribution >= 4 is 17.1 Å². The molecule has 31 heavy (non-hydrogen) atoms. The summed E-state index contributed by atoms with van der Waals surface area (Å²) in [6, 6.07) is 7.78. The van der Waals surface area contributed by atoms with Crippen molar-refractivity contribution in [3.63, 3.8) is 0 Å². The maximum Gasteiger partial charge on any atom is 0.281 e. The molecule has 162 valence electrons. The van der Waals surface area contributed by atoms with E-state index in [0.29, 0.717) is 24.4 Å². The van der Waals surface area contributed by atoms with Gasteiger partial charge < -0.3 is 14.6 Å². The van der Waals surface area contributed by atoms with Gasteiger partial charge >= 0.3 is 0 Å². The van der Waals surface area contributed by atoms with Crippen LogP contribution in [0, 0.1) is 0 Å². The Bertz CT molecular complexity index is 1180. The van der Waals surface area contributed by atoms with Crippen LogP contribution in [0.4, 0.5) is 0 Å². The zero-order valence-electron chi connectivity index (χ0n) is 17.8. The van der Waals surface area contributed by atoms with Crippen molar-refractivity contribution in [2.24, 2.45) is 0 Å². The Morgan fingerprint density at radius 1 is 1.29 bits per heavy atom. The fraction of sp³-hybridized carbons (Fsp3) is 0.500. The number of H-pyrrole nitrogens is 1. The second-order valence-electron chi connectivity index (χ2n) is 8.43. The SMILES string of the molecule is CCc1nc2c(nnn2C2CCCN(C(=O)C3(c4ccc(OC)cc4)CC3)C2)c(=O)[nH]1. The molecule has 1 unspecified atom stereocenters. The number of hydrogen-bond donors (Lipinski definition) is 1. The number of fused-ring (bicyclic) bond motifs is 1. The first-order valence-electron chi connectivity index (χ1n) is 10.8. The predicted molar refractivity (Wildman–Crippen MR) is 114 cm³/mol. The molecule has 1 aliphatic carbocycles. The molecule has 9 heteroatoms.